The predicted molar refractivity (Wildman–Crippen MR) is 121 cm³/mol. The lowest BCUT2D eigenvalue weighted by Crippen LogP contribution is -2.48. The fraction of sp³-hybridized carbons (Fsp3) is 0.857. The van der Waals surface area contributed by atoms with Crippen LogP contribution in [-0.4, -0.2) is 23.1 Å². The average molecular weight is 441 g/mol. The Morgan fingerprint density at radius 2 is 1.25 bits per heavy atom. The van der Waals surface area contributed by atoms with Crippen molar-refractivity contribution in [1.29, 1.82) is 0 Å². The Kier molecular flexibility index (Phi) is 4.40. The molecule has 32 heavy (non-hydrogen) atoms. The number of carbonyl (C=O) groups excluding carboxylic acids is 2. The lowest BCUT2D eigenvalue weighted by atomic mass is 9.57. The number of hydrogen-bond donors (Lipinski definition) is 0. The Morgan fingerprint density at radius 3 is 1.81 bits per heavy atom. The van der Waals surface area contributed by atoms with Crippen LogP contribution >= 0.6 is 0 Å². The molecular weight excluding hydrogens is 400 g/mol. The van der Waals surface area contributed by atoms with Gasteiger partial charge < -0.3 is 9.47 Å². The summed E-state index contributed by atoms with van der Waals surface area (Å²) in [5.74, 6) is 6.91. The molecule has 6 rings (SSSR count). The number of allylic oxidation sites excluding steroid dienone is 2. The molecule has 0 aliphatic heterocycles. The highest BCUT2D eigenvalue weighted by Crippen LogP contribution is 2.77. The van der Waals surface area contributed by atoms with E-state index in [0.717, 1.165) is 41.9 Å². The van der Waals surface area contributed by atoms with Gasteiger partial charge in [-0.2, -0.15) is 0 Å². The van der Waals surface area contributed by atoms with Crippen LogP contribution in [0.15, 0.2) is 12.2 Å². The number of ether oxygens (including phenoxy) is 2. The summed E-state index contributed by atoms with van der Waals surface area (Å²) in [6, 6.07) is 0. The lowest BCUT2D eigenvalue weighted by molar-refractivity contribution is -0.169. The van der Waals surface area contributed by atoms with E-state index in [0.29, 0.717) is 30.1 Å². The highest BCUT2D eigenvalue weighted by atomic mass is 16.6. The van der Waals surface area contributed by atoms with E-state index in [1.807, 2.05) is 41.5 Å². The zero-order chi connectivity index (χ0) is 22.7. The topological polar surface area (TPSA) is 52.6 Å². The molecule has 176 valence electrons. The van der Waals surface area contributed by atoms with Crippen LogP contribution in [0.1, 0.15) is 67.2 Å². The van der Waals surface area contributed by atoms with Gasteiger partial charge in [0.1, 0.15) is 11.2 Å². The highest BCUT2D eigenvalue weighted by molar-refractivity contribution is 5.77. The van der Waals surface area contributed by atoms with Crippen LogP contribution in [0.3, 0.4) is 0 Å². The normalized spacial score (nSPS) is 49.4. The Labute approximate surface area is 192 Å². The third-order valence-electron chi connectivity index (χ3n) is 10.1. The molecule has 0 amide bonds. The summed E-state index contributed by atoms with van der Waals surface area (Å²) in [4.78, 5) is 26.4. The molecule has 0 radical (unpaired) electrons. The van der Waals surface area contributed by atoms with Crippen molar-refractivity contribution in [2.24, 2.45) is 71.0 Å². The molecule has 0 aromatic carbocycles. The van der Waals surface area contributed by atoms with Crippen molar-refractivity contribution in [3.05, 3.63) is 12.2 Å². The van der Waals surface area contributed by atoms with E-state index in [-0.39, 0.29) is 23.8 Å². The summed E-state index contributed by atoms with van der Waals surface area (Å²) in [5.41, 5.74) is -0.988. The predicted octanol–water partition coefficient (Wildman–Crippen LogP) is 5.26. The Morgan fingerprint density at radius 1 is 0.719 bits per heavy atom. The molecule has 0 aromatic rings. The third-order valence-corrected chi connectivity index (χ3v) is 10.1. The average Bonchev–Trinajstić information content (AvgIpc) is 3.42. The van der Waals surface area contributed by atoms with E-state index < -0.39 is 11.2 Å². The molecule has 5 saturated carbocycles. The van der Waals surface area contributed by atoms with Crippen molar-refractivity contribution >= 4 is 11.9 Å². The van der Waals surface area contributed by atoms with Crippen LogP contribution in [0.5, 0.6) is 0 Å². The SMILES string of the molecule is CC(C)(C)OC(=O)CC1C2CC(C1C(=O)OC(C)(C)C)C1C3CC(C4C5C=CC(C5)C34)C21. The molecule has 6 bridgehead atoms. The molecule has 0 spiro atoms. The molecule has 5 fully saturated rings. The number of carbonyl (C=O) groups is 2. The van der Waals surface area contributed by atoms with Gasteiger partial charge in [0.25, 0.3) is 0 Å². The molecule has 6 aliphatic carbocycles. The van der Waals surface area contributed by atoms with Gasteiger partial charge in [-0.25, -0.2) is 0 Å². The standard InChI is InChI=1S/C28H40O4/c1-27(2,3)31-20(29)12-16-15-10-19(25(16)26(30)32-28(4,5)6)24-18-11-17(23(15)24)21-13-7-8-14(9-13)22(18)21/h7-8,13-19,21-25H,9-12H2,1-6H3. The first kappa shape index (κ1) is 21.2. The second kappa shape index (κ2) is 6.63. The van der Waals surface area contributed by atoms with Gasteiger partial charge in [0, 0.05) is 6.42 Å². The van der Waals surface area contributed by atoms with Gasteiger partial charge in [0.05, 0.1) is 5.92 Å². The van der Waals surface area contributed by atoms with Crippen LogP contribution < -0.4 is 0 Å². The van der Waals surface area contributed by atoms with Gasteiger partial charge in [-0.3, -0.25) is 9.59 Å². The van der Waals surface area contributed by atoms with Crippen molar-refractivity contribution in [2.75, 3.05) is 0 Å². The van der Waals surface area contributed by atoms with Gasteiger partial charge in [0.2, 0.25) is 0 Å². The van der Waals surface area contributed by atoms with Crippen LogP contribution in [-0.2, 0) is 19.1 Å². The Hall–Kier alpha value is -1.32. The van der Waals surface area contributed by atoms with Crippen molar-refractivity contribution in [3.8, 4) is 0 Å². The summed E-state index contributed by atoms with van der Waals surface area (Å²) in [5, 5.41) is 0. The fourth-order valence-corrected chi connectivity index (χ4v) is 9.97. The zero-order valence-corrected chi connectivity index (χ0v) is 20.5. The smallest absolute Gasteiger partial charge is 0.310 e. The molecule has 0 heterocycles. The minimum absolute atomic E-state index is 0.0656. The Bertz CT molecular complexity index is 860. The second-order valence-electron chi connectivity index (χ2n) is 13.9. The van der Waals surface area contributed by atoms with Crippen molar-refractivity contribution in [3.63, 3.8) is 0 Å². The maximum absolute atomic E-state index is 13.5. The van der Waals surface area contributed by atoms with Crippen molar-refractivity contribution in [1.82, 2.24) is 0 Å². The van der Waals surface area contributed by atoms with E-state index in [2.05, 4.69) is 12.2 Å². The molecule has 12 unspecified atom stereocenters. The van der Waals surface area contributed by atoms with Gasteiger partial charge in [-0.15, -0.1) is 0 Å². The van der Waals surface area contributed by atoms with E-state index in [1.165, 1.54) is 12.8 Å². The quantitative estimate of drug-likeness (QED) is 0.341. The summed E-state index contributed by atoms with van der Waals surface area (Å²) < 4.78 is 11.7. The number of rotatable bonds is 3. The molecule has 0 saturated heterocycles. The first-order valence-corrected chi connectivity index (χ1v) is 13.1. The lowest BCUT2D eigenvalue weighted by Gasteiger charge is -2.48. The van der Waals surface area contributed by atoms with Crippen molar-refractivity contribution in [2.45, 2.75) is 78.4 Å². The van der Waals surface area contributed by atoms with Crippen LogP contribution in [0.25, 0.3) is 0 Å². The minimum Gasteiger partial charge on any atom is -0.460 e. The number of esters is 2. The molecule has 0 aromatic heterocycles. The Balaban J connectivity index is 1.30. The van der Waals surface area contributed by atoms with Gasteiger partial charge >= 0.3 is 11.9 Å². The van der Waals surface area contributed by atoms with E-state index in [9.17, 15) is 9.59 Å². The molecule has 4 nitrogen and oxygen atoms in total. The second-order valence-corrected chi connectivity index (χ2v) is 13.9. The van der Waals surface area contributed by atoms with Crippen LogP contribution in [0.4, 0.5) is 0 Å². The first-order valence-electron chi connectivity index (χ1n) is 13.1. The van der Waals surface area contributed by atoms with Crippen LogP contribution in [0.2, 0.25) is 0 Å². The van der Waals surface area contributed by atoms with E-state index in [1.54, 1.807) is 0 Å². The summed E-state index contributed by atoms with van der Waals surface area (Å²) in [7, 11) is 0. The number of fused-ring (bicyclic) bond motifs is 16. The molecule has 4 heteroatoms. The van der Waals surface area contributed by atoms with Gasteiger partial charge in [-0.1, -0.05) is 12.2 Å². The largest absolute Gasteiger partial charge is 0.460 e. The van der Waals surface area contributed by atoms with Gasteiger partial charge in [-0.05, 0) is 126 Å². The molecule has 6 aliphatic rings. The maximum Gasteiger partial charge on any atom is 0.310 e. The van der Waals surface area contributed by atoms with E-state index in [4.69, 9.17) is 9.47 Å². The van der Waals surface area contributed by atoms with Crippen LogP contribution in [0, 0.1) is 71.0 Å². The third kappa shape index (κ3) is 2.99. The van der Waals surface area contributed by atoms with E-state index >= 15 is 0 Å². The monoisotopic (exact) mass is 440 g/mol. The number of hydrogen-bond acceptors (Lipinski definition) is 4. The minimum atomic E-state index is -0.496. The van der Waals surface area contributed by atoms with Gasteiger partial charge in [0.15, 0.2) is 0 Å². The highest BCUT2D eigenvalue weighted by Gasteiger charge is 2.73. The summed E-state index contributed by atoms with van der Waals surface area (Å²) in [6.45, 7) is 11.6. The summed E-state index contributed by atoms with van der Waals surface area (Å²) >= 11 is 0. The maximum atomic E-state index is 13.5. The first-order chi connectivity index (χ1) is 14.9. The molecule has 12 atom stereocenters. The fourth-order valence-electron chi connectivity index (χ4n) is 9.97. The summed E-state index contributed by atoms with van der Waals surface area (Å²) in [6.07, 6.45) is 9.23. The molecule has 0 N–H and O–H groups in total. The zero-order valence-electron chi connectivity index (χ0n) is 20.5. The molecular formula is C28H40O4. The van der Waals surface area contributed by atoms with Crippen molar-refractivity contribution < 1.29 is 19.1 Å².